The number of piperidine rings is 1. The third-order valence-corrected chi connectivity index (χ3v) is 3.89. The molecule has 2 heterocycles. The molecule has 1 saturated heterocycles. The number of halogens is 2. The molecule has 114 valence electrons. The SMILES string of the molecule is Cl.O=C(NC1CCNCC1)C1=Cc2cc(Cl)ccc2OC1. The van der Waals surface area contributed by atoms with Crippen LogP contribution in [0.5, 0.6) is 5.75 Å². The van der Waals surface area contributed by atoms with Gasteiger partial charge in [0.25, 0.3) is 5.91 Å². The molecule has 21 heavy (non-hydrogen) atoms. The molecule has 0 unspecified atom stereocenters. The van der Waals surface area contributed by atoms with Gasteiger partial charge in [0.2, 0.25) is 0 Å². The lowest BCUT2D eigenvalue weighted by atomic mass is 10.0. The van der Waals surface area contributed by atoms with Crippen LogP contribution in [0.15, 0.2) is 23.8 Å². The Balaban J connectivity index is 0.00000161. The van der Waals surface area contributed by atoms with Crippen molar-refractivity contribution < 1.29 is 9.53 Å². The summed E-state index contributed by atoms with van der Waals surface area (Å²) >= 11 is 5.97. The predicted octanol–water partition coefficient (Wildman–Crippen LogP) is 2.41. The first kappa shape index (κ1) is 16.1. The van der Waals surface area contributed by atoms with E-state index in [1.54, 1.807) is 6.07 Å². The number of rotatable bonds is 2. The van der Waals surface area contributed by atoms with Crippen molar-refractivity contribution >= 4 is 36.0 Å². The molecule has 1 aromatic rings. The maximum absolute atomic E-state index is 12.2. The van der Waals surface area contributed by atoms with E-state index in [9.17, 15) is 4.79 Å². The van der Waals surface area contributed by atoms with Gasteiger partial charge in [-0.2, -0.15) is 0 Å². The van der Waals surface area contributed by atoms with Gasteiger partial charge in [-0.05, 0) is 50.2 Å². The number of nitrogens with one attached hydrogen (secondary N) is 2. The molecular formula is C15H18Cl2N2O2. The van der Waals surface area contributed by atoms with Crippen molar-refractivity contribution in [2.75, 3.05) is 19.7 Å². The Bertz CT molecular complexity index is 555. The zero-order valence-electron chi connectivity index (χ0n) is 11.5. The zero-order valence-corrected chi connectivity index (χ0v) is 13.1. The van der Waals surface area contributed by atoms with Gasteiger partial charge in [-0.1, -0.05) is 11.6 Å². The van der Waals surface area contributed by atoms with Crippen LogP contribution in [-0.4, -0.2) is 31.6 Å². The molecule has 0 atom stereocenters. The highest BCUT2D eigenvalue weighted by molar-refractivity contribution is 6.30. The summed E-state index contributed by atoms with van der Waals surface area (Å²) in [7, 11) is 0. The predicted molar refractivity (Wildman–Crippen MR) is 86.2 cm³/mol. The molecule has 4 nitrogen and oxygen atoms in total. The van der Waals surface area contributed by atoms with Crippen LogP contribution in [0.3, 0.4) is 0 Å². The van der Waals surface area contributed by atoms with Crippen molar-refractivity contribution in [3.05, 3.63) is 34.4 Å². The Labute approximate surface area is 135 Å². The van der Waals surface area contributed by atoms with Crippen molar-refractivity contribution in [3.63, 3.8) is 0 Å². The third kappa shape index (κ3) is 3.90. The number of carbonyl (C=O) groups is 1. The third-order valence-electron chi connectivity index (χ3n) is 3.65. The summed E-state index contributed by atoms with van der Waals surface area (Å²) in [5.41, 5.74) is 1.51. The number of ether oxygens (including phenoxy) is 1. The van der Waals surface area contributed by atoms with Gasteiger partial charge in [-0.15, -0.1) is 12.4 Å². The molecule has 2 aliphatic heterocycles. The van der Waals surface area contributed by atoms with Crippen LogP contribution >= 0.6 is 24.0 Å². The molecule has 0 aliphatic carbocycles. The van der Waals surface area contributed by atoms with Gasteiger partial charge in [0, 0.05) is 16.6 Å². The minimum Gasteiger partial charge on any atom is -0.488 e. The molecule has 0 saturated carbocycles. The van der Waals surface area contributed by atoms with Crippen LogP contribution in [0.2, 0.25) is 5.02 Å². The van der Waals surface area contributed by atoms with Crippen molar-refractivity contribution in [1.29, 1.82) is 0 Å². The second-order valence-corrected chi connectivity index (χ2v) is 5.57. The van der Waals surface area contributed by atoms with Gasteiger partial charge >= 0.3 is 0 Å². The molecule has 0 bridgehead atoms. The highest BCUT2D eigenvalue weighted by Crippen LogP contribution is 2.29. The fourth-order valence-corrected chi connectivity index (χ4v) is 2.70. The molecule has 3 rings (SSSR count). The van der Waals surface area contributed by atoms with Crippen LogP contribution in [-0.2, 0) is 4.79 Å². The van der Waals surface area contributed by atoms with Crippen LogP contribution < -0.4 is 15.4 Å². The number of fused-ring (bicyclic) bond motifs is 1. The Hall–Kier alpha value is -1.23. The second-order valence-electron chi connectivity index (χ2n) is 5.14. The van der Waals surface area contributed by atoms with E-state index in [-0.39, 0.29) is 24.4 Å². The van der Waals surface area contributed by atoms with Crippen LogP contribution in [0.1, 0.15) is 18.4 Å². The maximum Gasteiger partial charge on any atom is 0.250 e. The molecular weight excluding hydrogens is 311 g/mol. The summed E-state index contributed by atoms with van der Waals surface area (Å²) in [6.45, 7) is 2.23. The number of benzene rings is 1. The molecule has 1 fully saturated rings. The lowest BCUT2D eigenvalue weighted by Gasteiger charge is -2.25. The van der Waals surface area contributed by atoms with Crippen LogP contribution in [0.25, 0.3) is 6.08 Å². The molecule has 6 heteroatoms. The van der Waals surface area contributed by atoms with E-state index in [4.69, 9.17) is 16.3 Å². The van der Waals surface area contributed by atoms with Gasteiger partial charge in [0.15, 0.2) is 0 Å². The summed E-state index contributed by atoms with van der Waals surface area (Å²) in [4.78, 5) is 12.2. The Morgan fingerprint density at radius 1 is 1.33 bits per heavy atom. The summed E-state index contributed by atoms with van der Waals surface area (Å²) in [5, 5.41) is 7.00. The monoisotopic (exact) mass is 328 g/mol. The first-order chi connectivity index (χ1) is 9.72. The average molecular weight is 329 g/mol. The van der Waals surface area contributed by atoms with E-state index in [2.05, 4.69) is 10.6 Å². The van der Waals surface area contributed by atoms with Gasteiger partial charge in [-0.25, -0.2) is 0 Å². The highest BCUT2D eigenvalue weighted by Gasteiger charge is 2.21. The van der Waals surface area contributed by atoms with E-state index >= 15 is 0 Å². The maximum atomic E-state index is 12.2. The van der Waals surface area contributed by atoms with E-state index in [0.717, 1.165) is 37.2 Å². The lowest BCUT2D eigenvalue weighted by Crippen LogP contribution is -2.43. The Morgan fingerprint density at radius 2 is 2.10 bits per heavy atom. The van der Waals surface area contributed by atoms with Gasteiger partial charge in [0.1, 0.15) is 12.4 Å². The normalized spacial score (nSPS) is 17.9. The standard InChI is InChI=1S/C15H17ClN2O2.ClH/c16-12-1-2-14-10(8-12)7-11(9-20-14)15(19)18-13-3-5-17-6-4-13;/h1-2,7-8,13,17H,3-6,9H2,(H,18,19);1H. The summed E-state index contributed by atoms with van der Waals surface area (Å²) < 4.78 is 5.60. The smallest absolute Gasteiger partial charge is 0.250 e. The highest BCUT2D eigenvalue weighted by atomic mass is 35.5. The topological polar surface area (TPSA) is 50.4 Å². The Kier molecular flexibility index (Phi) is 5.51. The van der Waals surface area contributed by atoms with Gasteiger partial charge in [0.05, 0.1) is 5.57 Å². The average Bonchev–Trinajstić information content (AvgIpc) is 2.47. The molecule has 0 aromatic heterocycles. The van der Waals surface area contributed by atoms with Crippen molar-refractivity contribution in [3.8, 4) is 5.75 Å². The quantitative estimate of drug-likeness (QED) is 0.876. The largest absolute Gasteiger partial charge is 0.488 e. The van der Waals surface area contributed by atoms with Gasteiger partial charge < -0.3 is 15.4 Å². The van der Waals surface area contributed by atoms with E-state index in [0.29, 0.717) is 17.2 Å². The molecule has 2 N–H and O–H groups in total. The molecule has 0 spiro atoms. The van der Waals surface area contributed by atoms with Gasteiger partial charge in [-0.3, -0.25) is 4.79 Å². The van der Waals surface area contributed by atoms with Crippen LogP contribution in [0, 0.1) is 0 Å². The molecule has 0 radical (unpaired) electrons. The van der Waals surface area contributed by atoms with E-state index in [1.165, 1.54) is 0 Å². The molecule has 1 aromatic carbocycles. The van der Waals surface area contributed by atoms with Crippen molar-refractivity contribution in [2.45, 2.75) is 18.9 Å². The summed E-state index contributed by atoms with van der Waals surface area (Å²) in [5.74, 6) is 0.732. The number of hydrogen-bond donors (Lipinski definition) is 2. The summed E-state index contributed by atoms with van der Waals surface area (Å²) in [6, 6.07) is 5.68. The number of amides is 1. The lowest BCUT2D eigenvalue weighted by molar-refractivity contribution is -0.118. The second kappa shape index (κ2) is 7.16. The Morgan fingerprint density at radius 3 is 2.86 bits per heavy atom. The molecule has 2 aliphatic rings. The fraction of sp³-hybridized carbons (Fsp3) is 0.400. The van der Waals surface area contributed by atoms with E-state index < -0.39 is 0 Å². The van der Waals surface area contributed by atoms with E-state index in [1.807, 2.05) is 18.2 Å². The first-order valence-corrected chi connectivity index (χ1v) is 7.25. The first-order valence-electron chi connectivity index (χ1n) is 6.87. The number of carbonyl (C=O) groups excluding carboxylic acids is 1. The minimum absolute atomic E-state index is 0. The molecule has 1 amide bonds. The zero-order chi connectivity index (χ0) is 13.9. The minimum atomic E-state index is -0.0393. The summed E-state index contributed by atoms with van der Waals surface area (Å²) in [6.07, 6.45) is 3.81. The van der Waals surface area contributed by atoms with Crippen molar-refractivity contribution in [2.24, 2.45) is 0 Å². The fourth-order valence-electron chi connectivity index (χ4n) is 2.52. The van der Waals surface area contributed by atoms with Crippen molar-refractivity contribution in [1.82, 2.24) is 10.6 Å². The van der Waals surface area contributed by atoms with Crippen LogP contribution in [0.4, 0.5) is 0 Å². The number of hydrogen-bond acceptors (Lipinski definition) is 3.